The molecule has 0 unspecified atom stereocenters. The molecular weight excluding hydrogens is 336 g/mol. The molecular formula is C17H16N6OS. The van der Waals surface area contributed by atoms with Crippen LogP contribution in [0.25, 0.3) is 0 Å². The van der Waals surface area contributed by atoms with Crippen LogP contribution in [-0.2, 0) is 0 Å². The van der Waals surface area contributed by atoms with Gasteiger partial charge in [0.25, 0.3) is 5.91 Å². The molecule has 0 radical (unpaired) electrons. The maximum atomic E-state index is 12.2. The van der Waals surface area contributed by atoms with Gasteiger partial charge in [-0.05, 0) is 29.7 Å². The highest BCUT2D eigenvalue weighted by molar-refractivity contribution is 8.16. The number of nitriles is 1. The van der Waals surface area contributed by atoms with Crippen molar-refractivity contribution in [1.82, 2.24) is 9.97 Å². The van der Waals surface area contributed by atoms with Crippen LogP contribution >= 0.6 is 11.8 Å². The van der Waals surface area contributed by atoms with E-state index in [-0.39, 0.29) is 22.7 Å². The molecule has 1 atom stereocenters. The van der Waals surface area contributed by atoms with Crippen LogP contribution in [-0.4, -0.2) is 21.0 Å². The monoisotopic (exact) mass is 352 g/mol. The number of amidine groups is 1. The number of nitrogens with one attached hydrogen (secondary N) is 2. The molecule has 0 fully saturated rings. The van der Waals surface area contributed by atoms with Gasteiger partial charge in [-0.2, -0.15) is 5.26 Å². The second kappa shape index (κ2) is 8.61. The summed E-state index contributed by atoms with van der Waals surface area (Å²) in [6.07, 6.45) is 4.84. The lowest BCUT2D eigenvalue weighted by atomic mass is 10.1. The molecule has 1 amide bonds. The molecule has 4 N–H and O–H groups in total. The summed E-state index contributed by atoms with van der Waals surface area (Å²) in [6, 6.07) is 8.46. The van der Waals surface area contributed by atoms with Crippen LogP contribution in [0, 0.1) is 16.7 Å². The molecule has 25 heavy (non-hydrogen) atoms. The van der Waals surface area contributed by atoms with Gasteiger partial charge in [0, 0.05) is 29.7 Å². The van der Waals surface area contributed by atoms with Crippen molar-refractivity contribution in [2.24, 2.45) is 5.73 Å². The van der Waals surface area contributed by atoms with Crippen molar-refractivity contribution >= 4 is 28.5 Å². The lowest BCUT2D eigenvalue weighted by molar-refractivity contribution is 0.102. The second-order valence-electron chi connectivity index (χ2n) is 5.07. The molecule has 2 aromatic rings. The van der Waals surface area contributed by atoms with E-state index in [0.717, 1.165) is 17.5 Å². The number of pyridine rings is 2. The molecule has 2 aromatic heterocycles. The zero-order chi connectivity index (χ0) is 18.2. The average molecular weight is 352 g/mol. The lowest BCUT2D eigenvalue weighted by Crippen LogP contribution is -2.14. The number of carbonyl (C=O) groups is 1. The van der Waals surface area contributed by atoms with Crippen LogP contribution in [0.15, 0.2) is 48.1 Å². The number of hydrogen-bond acceptors (Lipinski definition) is 6. The summed E-state index contributed by atoms with van der Waals surface area (Å²) in [5.41, 5.74) is 7.27. The van der Waals surface area contributed by atoms with E-state index in [1.54, 1.807) is 29.8 Å². The summed E-state index contributed by atoms with van der Waals surface area (Å²) in [7, 11) is 0. The summed E-state index contributed by atoms with van der Waals surface area (Å²) in [6.45, 7) is 1.95. The number of anilines is 1. The van der Waals surface area contributed by atoms with Crippen LogP contribution in [0.3, 0.4) is 0 Å². The fourth-order valence-corrected chi connectivity index (χ4v) is 2.35. The second-order valence-corrected chi connectivity index (χ2v) is 6.01. The topological polar surface area (TPSA) is 129 Å². The summed E-state index contributed by atoms with van der Waals surface area (Å²) in [4.78, 5) is 20.5. The van der Waals surface area contributed by atoms with Crippen LogP contribution in [0.1, 0.15) is 34.6 Å². The van der Waals surface area contributed by atoms with Gasteiger partial charge in [0.1, 0.15) is 11.8 Å². The Labute approximate surface area is 149 Å². The molecule has 0 aliphatic rings. The quantitative estimate of drug-likeness (QED) is 0.560. The Morgan fingerprint density at radius 3 is 2.88 bits per heavy atom. The zero-order valence-electron chi connectivity index (χ0n) is 13.4. The summed E-state index contributed by atoms with van der Waals surface area (Å²) in [5, 5.41) is 20.4. The highest BCUT2D eigenvalue weighted by Gasteiger charge is 2.10. The van der Waals surface area contributed by atoms with Crippen LogP contribution in [0.5, 0.6) is 0 Å². The number of thioether (sulfide) groups is 1. The highest BCUT2D eigenvalue weighted by Crippen LogP contribution is 2.19. The van der Waals surface area contributed by atoms with E-state index in [1.165, 1.54) is 12.3 Å². The van der Waals surface area contributed by atoms with E-state index >= 15 is 0 Å². The Morgan fingerprint density at radius 1 is 1.44 bits per heavy atom. The Kier molecular flexibility index (Phi) is 6.26. The van der Waals surface area contributed by atoms with Crippen LogP contribution < -0.4 is 11.1 Å². The Hall–Kier alpha value is -3.18. The summed E-state index contributed by atoms with van der Waals surface area (Å²) in [5.74, 6) is -0.367. The lowest BCUT2D eigenvalue weighted by Gasteiger charge is -2.09. The van der Waals surface area contributed by atoms with Crippen molar-refractivity contribution < 1.29 is 4.79 Å². The third kappa shape index (κ3) is 5.44. The first-order valence-electron chi connectivity index (χ1n) is 7.30. The van der Waals surface area contributed by atoms with E-state index < -0.39 is 0 Å². The van der Waals surface area contributed by atoms with E-state index in [1.807, 2.05) is 19.1 Å². The first-order chi connectivity index (χ1) is 12.0. The fraction of sp³-hybridized carbons (Fsp3) is 0.118. The molecule has 0 saturated heterocycles. The minimum absolute atomic E-state index is 0.00302. The molecule has 0 saturated carbocycles. The Balaban J connectivity index is 2.07. The van der Waals surface area contributed by atoms with Gasteiger partial charge < -0.3 is 11.1 Å². The number of carbonyl (C=O) groups excluding carboxylic acids is 1. The largest absolute Gasteiger partial charge is 0.378 e. The van der Waals surface area contributed by atoms with Gasteiger partial charge in [0.2, 0.25) is 0 Å². The van der Waals surface area contributed by atoms with E-state index in [9.17, 15) is 4.79 Å². The minimum Gasteiger partial charge on any atom is -0.378 e. The molecule has 0 bridgehead atoms. The predicted molar refractivity (Wildman–Crippen MR) is 98.2 cm³/mol. The van der Waals surface area contributed by atoms with Crippen molar-refractivity contribution in [1.29, 1.82) is 10.7 Å². The maximum absolute atomic E-state index is 12.2. The molecule has 0 aliphatic carbocycles. The first-order valence-corrected chi connectivity index (χ1v) is 8.18. The molecule has 0 aliphatic heterocycles. The summed E-state index contributed by atoms with van der Waals surface area (Å²) >= 11 is 1.12. The summed E-state index contributed by atoms with van der Waals surface area (Å²) < 4.78 is 0. The number of nitrogens with zero attached hydrogens (tertiary/aromatic N) is 3. The van der Waals surface area contributed by atoms with Gasteiger partial charge in [-0.15, -0.1) is 0 Å². The zero-order valence-corrected chi connectivity index (χ0v) is 14.2. The molecule has 0 spiro atoms. The molecule has 126 valence electrons. The van der Waals surface area contributed by atoms with Crippen LogP contribution in [0.4, 0.5) is 5.69 Å². The maximum Gasteiger partial charge on any atom is 0.274 e. The fourth-order valence-electron chi connectivity index (χ4n) is 1.89. The van der Waals surface area contributed by atoms with Gasteiger partial charge in [0.15, 0.2) is 5.17 Å². The predicted octanol–water partition coefficient (Wildman–Crippen LogP) is 2.84. The van der Waals surface area contributed by atoms with E-state index in [4.69, 9.17) is 16.4 Å². The van der Waals surface area contributed by atoms with Gasteiger partial charge >= 0.3 is 0 Å². The molecule has 0 aromatic carbocycles. The first kappa shape index (κ1) is 18.2. The minimum atomic E-state index is -0.364. The van der Waals surface area contributed by atoms with Crippen molar-refractivity contribution in [3.63, 3.8) is 0 Å². The molecule has 2 heterocycles. The smallest absolute Gasteiger partial charge is 0.274 e. The van der Waals surface area contributed by atoms with Crippen LogP contribution in [0.2, 0.25) is 0 Å². The normalized spacial score (nSPS) is 11.7. The standard InChI is InChI=1S/C17H16N6OS/c1-11(5-7-25-17(19)20)15-8-13(4-6-21-15)23-16(24)14-3-2-12(9-18)10-22-14/h2-8,10-11H,1H3,(H3,19,20)(H,21,23,24)/b7-5-/t11-/m1/s1. The van der Waals surface area contributed by atoms with Crippen molar-refractivity contribution in [2.75, 3.05) is 5.32 Å². The number of aromatic nitrogens is 2. The third-order valence-electron chi connectivity index (χ3n) is 3.19. The van der Waals surface area contributed by atoms with Gasteiger partial charge in [-0.1, -0.05) is 24.8 Å². The molecule has 2 rings (SSSR count). The molecule has 7 nitrogen and oxygen atoms in total. The van der Waals surface area contributed by atoms with E-state index in [0.29, 0.717) is 11.3 Å². The van der Waals surface area contributed by atoms with Gasteiger partial charge in [0.05, 0.1) is 5.56 Å². The van der Waals surface area contributed by atoms with Gasteiger partial charge in [-0.25, -0.2) is 4.98 Å². The number of nitrogens with two attached hydrogens (primary N) is 1. The van der Waals surface area contributed by atoms with Gasteiger partial charge in [-0.3, -0.25) is 15.2 Å². The van der Waals surface area contributed by atoms with Crippen molar-refractivity contribution in [3.8, 4) is 6.07 Å². The third-order valence-corrected chi connectivity index (χ3v) is 3.74. The number of rotatable bonds is 5. The number of amides is 1. The Bertz CT molecular complexity index is 841. The average Bonchev–Trinajstić information content (AvgIpc) is 2.61. The molecule has 8 heteroatoms. The Morgan fingerprint density at radius 2 is 2.24 bits per heavy atom. The number of hydrogen-bond donors (Lipinski definition) is 3. The highest BCUT2D eigenvalue weighted by atomic mass is 32.2. The SMILES string of the molecule is C[C@H](/C=C\SC(=N)N)c1cc(NC(=O)c2ccc(C#N)cn2)ccn1. The van der Waals surface area contributed by atoms with Crippen molar-refractivity contribution in [3.05, 3.63) is 65.1 Å². The van der Waals surface area contributed by atoms with E-state index in [2.05, 4.69) is 15.3 Å². The number of allylic oxidation sites excluding steroid dienone is 1. The van der Waals surface area contributed by atoms with Crippen molar-refractivity contribution in [2.45, 2.75) is 12.8 Å².